The Morgan fingerprint density at radius 1 is 1.20 bits per heavy atom. The first kappa shape index (κ1) is 17.0. The van der Waals surface area contributed by atoms with Crippen molar-refractivity contribution in [3.05, 3.63) is 11.9 Å². The molecular weight excluding hydrogens is 248 g/mol. The first-order valence-electron chi connectivity index (χ1n) is 7.91. The van der Waals surface area contributed by atoms with Gasteiger partial charge in [0.1, 0.15) is 0 Å². The van der Waals surface area contributed by atoms with Crippen molar-refractivity contribution in [1.82, 2.24) is 14.9 Å². The molecule has 0 spiro atoms. The van der Waals surface area contributed by atoms with E-state index in [9.17, 15) is 0 Å². The topological polar surface area (TPSA) is 33.1 Å². The molecular formula is C16H32N4. The van der Waals surface area contributed by atoms with E-state index in [1.165, 1.54) is 37.8 Å². The summed E-state index contributed by atoms with van der Waals surface area (Å²) in [5, 5.41) is 3.52. The lowest BCUT2D eigenvalue weighted by atomic mass is 10.0. The molecule has 1 aromatic heterocycles. The van der Waals surface area contributed by atoms with E-state index in [2.05, 4.69) is 35.8 Å². The van der Waals surface area contributed by atoms with Crippen molar-refractivity contribution in [2.24, 2.45) is 13.0 Å². The molecule has 0 aliphatic heterocycles. The Morgan fingerprint density at radius 2 is 1.90 bits per heavy atom. The van der Waals surface area contributed by atoms with Gasteiger partial charge in [0.25, 0.3) is 0 Å². The summed E-state index contributed by atoms with van der Waals surface area (Å²) in [6.07, 6.45) is 8.70. The highest BCUT2D eigenvalue weighted by Gasteiger charge is 2.06. The number of imidazole rings is 1. The van der Waals surface area contributed by atoms with Gasteiger partial charge >= 0.3 is 0 Å². The number of hydrogen-bond donors (Lipinski definition) is 1. The second kappa shape index (κ2) is 9.01. The summed E-state index contributed by atoms with van der Waals surface area (Å²) < 4.78 is 2.15. The molecule has 4 nitrogen and oxygen atoms in total. The average molecular weight is 280 g/mol. The van der Waals surface area contributed by atoms with Gasteiger partial charge in [0.15, 0.2) is 0 Å². The van der Waals surface area contributed by atoms with E-state index in [1.807, 2.05) is 25.2 Å². The summed E-state index contributed by atoms with van der Waals surface area (Å²) in [7, 11) is 6.12. The molecule has 1 aromatic rings. The zero-order valence-electron chi connectivity index (χ0n) is 13.9. The maximum absolute atomic E-state index is 4.42. The first-order chi connectivity index (χ1) is 9.52. The standard InChI is InChI=1S/C16H32N4/c1-14(2)10-8-6-7-9-11-17-12-15-13-18-16(19(3)4)20(15)5/h13-14,17H,6-12H2,1-5H3. The minimum atomic E-state index is 0.851. The summed E-state index contributed by atoms with van der Waals surface area (Å²) >= 11 is 0. The fraction of sp³-hybridized carbons (Fsp3) is 0.812. The van der Waals surface area contributed by atoms with Crippen LogP contribution in [0.1, 0.15) is 51.6 Å². The van der Waals surface area contributed by atoms with Crippen LogP contribution in [0, 0.1) is 5.92 Å². The van der Waals surface area contributed by atoms with E-state index in [4.69, 9.17) is 0 Å². The SMILES string of the molecule is CC(C)CCCCCCNCc1cnc(N(C)C)n1C. The van der Waals surface area contributed by atoms with Crippen molar-refractivity contribution < 1.29 is 0 Å². The summed E-state index contributed by atoms with van der Waals surface area (Å²) in [6, 6.07) is 0. The van der Waals surface area contributed by atoms with Crippen LogP contribution in [0.15, 0.2) is 6.20 Å². The van der Waals surface area contributed by atoms with Crippen molar-refractivity contribution in [3.63, 3.8) is 0 Å². The van der Waals surface area contributed by atoms with Gasteiger partial charge in [-0.05, 0) is 18.9 Å². The van der Waals surface area contributed by atoms with Crippen LogP contribution in [-0.4, -0.2) is 30.2 Å². The highest BCUT2D eigenvalue weighted by Crippen LogP contribution is 2.11. The van der Waals surface area contributed by atoms with Gasteiger partial charge in [-0.1, -0.05) is 39.5 Å². The maximum Gasteiger partial charge on any atom is 0.204 e. The van der Waals surface area contributed by atoms with E-state index in [0.29, 0.717) is 0 Å². The summed E-state index contributed by atoms with van der Waals surface area (Å²) in [5.41, 5.74) is 1.24. The number of unbranched alkanes of at least 4 members (excludes halogenated alkanes) is 3. The van der Waals surface area contributed by atoms with Gasteiger partial charge in [0.05, 0.1) is 11.9 Å². The molecule has 0 radical (unpaired) electrons. The lowest BCUT2D eigenvalue weighted by molar-refractivity contribution is 0.511. The third-order valence-electron chi connectivity index (χ3n) is 3.65. The molecule has 0 aliphatic rings. The Bertz CT molecular complexity index is 369. The Kier molecular flexibility index (Phi) is 7.67. The number of aromatic nitrogens is 2. The van der Waals surface area contributed by atoms with Gasteiger partial charge in [-0.15, -0.1) is 0 Å². The van der Waals surface area contributed by atoms with Crippen molar-refractivity contribution in [2.45, 2.75) is 52.5 Å². The predicted octanol–water partition coefficient (Wildman–Crippen LogP) is 3.18. The molecule has 0 amide bonds. The van der Waals surface area contributed by atoms with Gasteiger partial charge in [-0.2, -0.15) is 0 Å². The van der Waals surface area contributed by atoms with E-state index in [-0.39, 0.29) is 0 Å². The van der Waals surface area contributed by atoms with E-state index in [0.717, 1.165) is 25.0 Å². The van der Waals surface area contributed by atoms with Crippen molar-refractivity contribution >= 4 is 5.95 Å². The first-order valence-corrected chi connectivity index (χ1v) is 7.91. The Balaban J connectivity index is 2.10. The summed E-state index contributed by atoms with van der Waals surface area (Å²) in [6.45, 7) is 6.61. The molecule has 0 unspecified atom stereocenters. The number of hydrogen-bond acceptors (Lipinski definition) is 3. The highest BCUT2D eigenvalue weighted by molar-refractivity contribution is 5.30. The quantitative estimate of drug-likeness (QED) is 0.668. The molecule has 0 fully saturated rings. The van der Waals surface area contributed by atoms with Crippen LogP contribution in [-0.2, 0) is 13.6 Å². The predicted molar refractivity (Wildman–Crippen MR) is 87.2 cm³/mol. The Labute approximate surface area is 124 Å². The van der Waals surface area contributed by atoms with E-state index in [1.54, 1.807) is 0 Å². The fourth-order valence-corrected chi connectivity index (χ4v) is 2.39. The Morgan fingerprint density at radius 3 is 2.50 bits per heavy atom. The number of anilines is 1. The largest absolute Gasteiger partial charge is 0.348 e. The molecule has 1 heterocycles. The van der Waals surface area contributed by atoms with Gasteiger partial charge in [-0.3, -0.25) is 0 Å². The summed E-state index contributed by atoms with van der Waals surface area (Å²) in [5.74, 6) is 1.86. The molecule has 1 N–H and O–H groups in total. The molecule has 0 atom stereocenters. The lowest BCUT2D eigenvalue weighted by Gasteiger charge is -2.12. The number of rotatable bonds is 10. The van der Waals surface area contributed by atoms with Crippen LogP contribution in [0.3, 0.4) is 0 Å². The van der Waals surface area contributed by atoms with Gasteiger partial charge in [0, 0.05) is 27.7 Å². The highest BCUT2D eigenvalue weighted by atomic mass is 15.3. The van der Waals surface area contributed by atoms with Crippen molar-refractivity contribution in [1.29, 1.82) is 0 Å². The smallest absolute Gasteiger partial charge is 0.204 e. The van der Waals surface area contributed by atoms with Crippen LogP contribution >= 0.6 is 0 Å². The Hall–Kier alpha value is -1.03. The van der Waals surface area contributed by atoms with Crippen LogP contribution in [0.25, 0.3) is 0 Å². The van der Waals surface area contributed by atoms with Crippen LogP contribution in [0.2, 0.25) is 0 Å². The van der Waals surface area contributed by atoms with Crippen molar-refractivity contribution in [3.8, 4) is 0 Å². The minimum absolute atomic E-state index is 0.851. The zero-order valence-corrected chi connectivity index (χ0v) is 13.9. The fourth-order valence-electron chi connectivity index (χ4n) is 2.39. The molecule has 116 valence electrons. The van der Waals surface area contributed by atoms with Crippen molar-refractivity contribution in [2.75, 3.05) is 25.5 Å². The van der Waals surface area contributed by atoms with Crippen LogP contribution < -0.4 is 10.2 Å². The zero-order chi connectivity index (χ0) is 15.0. The third-order valence-corrected chi connectivity index (χ3v) is 3.65. The van der Waals surface area contributed by atoms with Gasteiger partial charge in [-0.25, -0.2) is 4.98 Å². The molecule has 0 saturated carbocycles. The molecule has 20 heavy (non-hydrogen) atoms. The maximum atomic E-state index is 4.42. The average Bonchev–Trinajstić information content (AvgIpc) is 2.74. The van der Waals surface area contributed by atoms with E-state index < -0.39 is 0 Å². The molecule has 4 heteroatoms. The normalized spacial score (nSPS) is 11.3. The molecule has 0 aromatic carbocycles. The monoisotopic (exact) mass is 280 g/mol. The number of nitrogens with one attached hydrogen (secondary N) is 1. The lowest BCUT2D eigenvalue weighted by Crippen LogP contribution is -2.19. The van der Waals surface area contributed by atoms with Crippen LogP contribution in [0.4, 0.5) is 5.95 Å². The number of nitrogens with zero attached hydrogens (tertiary/aromatic N) is 3. The minimum Gasteiger partial charge on any atom is -0.348 e. The third kappa shape index (κ3) is 5.95. The second-order valence-electron chi connectivity index (χ2n) is 6.28. The summed E-state index contributed by atoms with van der Waals surface area (Å²) in [4.78, 5) is 6.46. The molecule has 0 saturated heterocycles. The molecule has 0 aliphatic carbocycles. The molecule has 0 bridgehead atoms. The van der Waals surface area contributed by atoms with Crippen LogP contribution in [0.5, 0.6) is 0 Å². The second-order valence-corrected chi connectivity index (χ2v) is 6.28. The van der Waals surface area contributed by atoms with E-state index >= 15 is 0 Å². The van der Waals surface area contributed by atoms with Gasteiger partial charge in [0.2, 0.25) is 5.95 Å². The molecule has 1 rings (SSSR count). The van der Waals surface area contributed by atoms with Gasteiger partial charge < -0.3 is 14.8 Å².